The second kappa shape index (κ2) is 6.31. The van der Waals surface area contributed by atoms with Gasteiger partial charge < -0.3 is 11.1 Å². The maximum absolute atomic E-state index is 12.1. The Kier molecular flexibility index (Phi) is 4.96. The molecule has 0 bridgehead atoms. The average Bonchev–Trinajstić information content (AvgIpc) is 2.36. The molecule has 1 saturated carbocycles. The minimum absolute atomic E-state index is 0.00896. The van der Waals surface area contributed by atoms with Crippen LogP contribution in [-0.2, 0) is 4.79 Å². The number of nitrogens with two attached hydrogens (primary N) is 1. The normalized spacial score (nSPS) is 23.2. The SMILES string of the molecule is NC1CCC(C(=O)Nc2cc(Cl)c(Cl)cc2Cl)CC1. The van der Waals surface area contributed by atoms with Crippen LogP contribution in [-0.4, -0.2) is 11.9 Å². The van der Waals surface area contributed by atoms with E-state index in [-0.39, 0.29) is 17.9 Å². The van der Waals surface area contributed by atoms with Gasteiger partial charge >= 0.3 is 0 Å². The van der Waals surface area contributed by atoms with Crippen LogP contribution in [0, 0.1) is 5.92 Å². The van der Waals surface area contributed by atoms with Crippen molar-refractivity contribution in [3.8, 4) is 0 Å². The Morgan fingerprint density at radius 3 is 2.26 bits per heavy atom. The summed E-state index contributed by atoms with van der Waals surface area (Å²) in [6, 6.07) is 3.31. The molecule has 2 rings (SSSR count). The van der Waals surface area contributed by atoms with Crippen molar-refractivity contribution in [3.05, 3.63) is 27.2 Å². The monoisotopic (exact) mass is 320 g/mol. The molecule has 1 fully saturated rings. The Balaban J connectivity index is 2.05. The summed E-state index contributed by atoms with van der Waals surface area (Å²) in [5.41, 5.74) is 6.32. The molecule has 0 spiro atoms. The van der Waals surface area contributed by atoms with Crippen LogP contribution in [0.15, 0.2) is 12.1 Å². The summed E-state index contributed by atoms with van der Waals surface area (Å²) in [5, 5.41) is 3.93. The Bertz CT molecular complexity index is 485. The van der Waals surface area contributed by atoms with E-state index in [9.17, 15) is 4.79 Å². The van der Waals surface area contributed by atoms with Gasteiger partial charge in [0.2, 0.25) is 5.91 Å². The number of anilines is 1. The predicted octanol–water partition coefficient (Wildman–Crippen LogP) is 4.10. The molecular weight excluding hydrogens is 307 g/mol. The van der Waals surface area contributed by atoms with Gasteiger partial charge in [0.25, 0.3) is 0 Å². The molecule has 0 aromatic heterocycles. The highest BCUT2D eigenvalue weighted by molar-refractivity contribution is 6.44. The van der Waals surface area contributed by atoms with Gasteiger partial charge in [0.1, 0.15) is 0 Å². The summed E-state index contributed by atoms with van der Waals surface area (Å²) in [5.74, 6) is -0.0440. The van der Waals surface area contributed by atoms with E-state index in [0.29, 0.717) is 20.8 Å². The minimum Gasteiger partial charge on any atom is -0.328 e. The van der Waals surface area contributed by atoms with Crippen molar-refractivity contribution in [2.24, 2.45) is 11.7 Å². The number of hydrogen-bond donors (Lipinski definition) is 2. The molecule has 0 heterocycles. The Morgan fingerprint density at radius 1 is 1.05 bits per heavy atom. The number of halogens is 3. The van der Waals surface area contributed by atoms with E-state index in [4.69, 9.17) is 40.5 Å². The van der Waals surface area contributed by atoms with Gasteiger partial charge in [-0.25, -0.2) is 0 Å². The van der Waals surface area contributed by atoms with Crippen LogP contribution >= 0.6 is 34.8 Å². The smallest absolute Gasteiger partial charge is 0.227 e. The molecule has 1 aromatic rings. The first-order valence-electron chi connectivity index (χ1n) is 6.18. The molecule has 1 amide bonds. The molecule has 104 valence electrons. The highest BCUT2D eigenvalue weighted by Crippen LogP contribution is 2.33. The Labute approximate surface area is 127 Å². The van der Waals surface area contributed by atoms with Crippen LogP contribution in [0.25, 0.3) is 0 Å². The number of benzene rings is 1. The van der Waals surface area contributed by atoms with Crippen molar-refractivity contribution in [3.63, 3.8) is 0 Å². The van der Waals surface area contributed by atoms with E-state index in [0.717, 1.165) is 25.7 Å². The standard InChI is InChI=1S/C13H15Cl3N2O/c14-9-5-11(16)12(6-10(9)15)18-13(19)7-1-3-8(17)4-2-7/h5-8H,1-4,17H2,(H,18,19). The zero-order chi connectivity index (χ0) is 14.0. The lowest BCUT2D eigenvalue weighted by molar-refractivity contribution is -0.120. The number of carbonyl (C=O) groups excluding carboxylic acids is 1. The minimum atomic E-state index is -0.0350. The highest BCUT2D eigenvalue weighted by Gasteiger charge is 2.25. The first-order chi connectivity index (χ1) is 8.97. The van der Waals surface area contributed by atoms with Crippen molar-refractivity contribution in [1.29, 1.82) is 0 Å². The fourth-order valence-corrected chi connectivity index (χ4v) is 2.83. The van der Waals surface area contributed by atoms with Crippen LogP contribution < -0.4 is 11.1 Å². The second-order valence-electron chi connectivity index (χ2n) is 4.85. The van der Waals surface area contributed by atoms with Crippen molar-refractivity contribution in [1.82, 2.24) is 0 Å². The summed E-state index contributed by atoms with van der Waals surface area (Å²) in [6.07, 6.45) is 3.39. The van der Waals surface area contributed by atoms with Crippen molar-refractivity contribution >= 4 is 46.4 Å². The lowest BCUT2D eigenvalue weighted by Crippen LogP contribution is -2.32. The van der Waals surface area contributed by atoms with E-state index >= 15 is 0 Å². The number of rotatable bonds is 2. The maximum atomic E-state index is 12.1. The van der Waals surface area contributed by atoms with E-state index in [1.165, 1.54) is 6.07 Å². The molecule has 3 nitrogen and oxygen atoms in total. The average molecular weight is 322 g/mol. The van der Waals surface area contributed by atoms with Gasteiger partial charge in [-0.05, 0) is 37.8 Å². The molecular formula is C13H15Cl3N2O. The van der Waals surface area contributed by atoms with Gasteiger partial charge in [-0.3, -0.25) is 4.79 Å². The largest absolute Gasteiger partial charge is 0.328 e. The van der Waals surface area contributed by atoms with E-state index < -0.39 is 0 Å². The molecule has 0 unspecified atom stereocenters. The predicted molar refractivity (Wildman–Crippen MR) is 80.0 cm³/mol. The summed E-state index contributed by atoms with van der Waals surface area (Å²) >= 11 is 17.8. The summed E-state index contributed by atoms with van der Waals surface area (Å²) < 4.78 is 0. The fraction of sp³-hybridized carbons (Fsp3) is 0.462. The van der Waals surface area contributed by atoms with Gasteiger partial charge in [0.15, 0.2) is 0 Å². The third-order valence-corrected chi connectivity index (χ3v) is 4.45. The van der Waals surface area contributed by atoms with Gasteiger partial charge in [0.05, 0.1) is 20.8 Å². The molecule has 0 radical (unpaired) electrons. The number of hydrogen-bond acceptors (Lipinski definition) is 2. The van der Waals surface area contributed by atoms with Crippen LogP contribution in [0.3, 0.4) is 0 Å². The summed E-state index contributed by atoms with van der Waals surface area (Å²) in [4.78, 5) is 12.1. The molecule has 3 N–H and O–H groups in total. The molecule has 1 aliphatic rings. The number of amides is 1. The third-order valence-electron chi connectivity index (χ3n) is 3.41. The van der Waals surface area contributed by atoms with Gasteiger partial charge in [0, 0.05) is 12.0 Å². The van der Waals surface area contributed by atoms with Crippen molar-refractivity contribution < 1.29 is 4.79 Å². The van der Waals surface area contributed by atoms with Gasteiger partial charge in [-0.1, -0.05) is 34.8 Å². The second-order valence-corrected chi connectivity index (χ2v) is 6.07. The number of carbonyl (C=O) groups is 1. The molecule has 19 heavy (non-hydrogen) atoms. The summed E-state index contributed by atoms with van der Waals surface area (Å²) in [7, 11) is 0. The molecule has 1 aliphatic carbocycles. The number of nitrogens with one attached hydrogen (secondary N) is 1. The van der Waals surface area contributed by atoms with Crippen LogP contribution in [0.5, 0.6) is 0 Å². The quantitative estimate of drug-likeness (QED) is 0.806. The fourth-order valence-electron chi connectivity index (χ4n) is 2.23. The highest BCUT2D eigenvalue weighted by atomic mass is 35.5. The maximum Gasteiger partial charge on any atom is 0.227 e. The first kappa shape index (κ1) is 14.9. The van der Waals surface area contributed by atoms with E-state index in [2.05, 4.69) is 5.32 Å². The van der Waals surface area contributed by atoms with Crippen molar-refractivity contribution in [2.75, 3.05) is 5.32 Å². The molecule has 0 saturated heterocycles. The Morgan fingerprint density at radius 2 is 1.63 bits per heavy atom. The lowest BCUT2D eigenvalue weighted by Gasteiger charge is -2.25. The first-order valence-corrected chi connectivity index (χ1v) is 7.31. The molecule has 1 aromatic carbocycles. The molecule has 0 atom stereocenters. The van der Waals surface area contributed by atoms with Crippen LogP contribution in [0.4, 0.5) is 5.69 Å². The van der Waals surface area contributed by atoms with Crippen LogP contribution in [0.1, 0.15) is 25.7 Å². The zero-order valence-corrected chi connectivity index (χ0v) is 12.5. The van der Waals surface area contributed by atoms with Crippen LogP contribution in [0.2, 0.25) is 15.1 Å². The summed E-state index contributed by atoms with van der Waals surface area (Å²) in [6.45, 7) is 0. The lowest BCUT2D eigenvalue weighted by atomic mass is 9.86. The third kappa shape index (κ3) is 3.76. The van der Waals surface area contributed by atoms with E-state index in [1.807, 2.05) is 0 Å². The topological polar surface area (TPSA) is 55.1 Å². The molecule has 6 heteroatoms. The van der Waals surface area contributed by atoms with Gasteiger partial charge in [-0.2, -0.15) is 0 Å². The van der Waals surface area contributed by atoms with Crippen molar-refractivity contribution in [2.45, 2.75) is 31.7 Å². The van der Waals surface area contributed by atoms with E-state index in [1.54, 1.807) is 6.07 Å². The zero-order valence-electron chi connectivity index (χ0n) is 10.3. The molecule has 0 aliphatic heterocycles. The van der Waals surface area contributed by atoms with Gasteiger partial charge in [-0.15, -0.1) is 0 Å². The Hall–Kier alpha value is -0.480.